The Hall–Kier alpha value is -10.6. The van der Waals surface area contributed by atoms with E-state index in [-0.39, 0.29) is 63.1 Å². The van der Waals surface area contributed by atoms with E-state index in [0.29, 0.717) is 39.1 Å². The number of carboxylic acid groups (broad SMARTS) is 1. The SMILES string of the molecule is C[C@H](NC(=O)[C@@H]1CCCN1C(=O)[C@H](CC(=O)NC(c1ccccc1)(c1ccccc1)c1ccccc1)NC(=O)[C@H](CSC(c1ccccc1)(c1ccccc1)c1ccccc1)NC(=O)[C@H](CSS(=O)(=O)O)NC(=O)[C@H](Cc1ccc(OC(C)(C)C)cc1)NC(=O)[C@H](CCC(=O)OC(C)(C)C)NC(=O)[C@H](CSS(=O)(=O)O)NC(=O)[C@@H](N)CSS(=O)(=O)O)C(=O)N[C@@H](CS)C(=O)O. The number of likely N-dealkylation sites (tertiary alicyclic amines) is 1. The second kappa shape index (κ2) is 47.5. The lowest BCUT2D eigenvalue weighted by Gasteiger charge is -2.38. The summed E-state index contributed by atoms with van der Waals surface area (Å²) in [4.78, 5) is 178. The Bertz CT molecular complexity index is 5260. The van der Waals surface area contributed by atoms with Crippen LogP contribution in [0, 0.1) is 0 Å². The van der Waals surface area contributed by atoms with Crippen LogP contribution in [-0.2, 0) is 106 Å². The van der Waals surface area contributed by atoms with E-state index in [2.05, 4.69) is 60.5 Å². The summed E-state index contributed by atoms with van der Waals surface area (Å²) in [5.74, 6) is -17.7. The van der Waals surface area contributed by atoms with Gasteiger partial charge in [-0.1, -0.05) is 194 Å². The van der Waals surface area contributed by atoms with Crippen molar-refractivity contribution < 1.29 is 111 Å². The van der Waals surface area contributed by atoms with Gasteiger partial charge in [0.15, 0.2) is 0 Å². The molecule has 0 radical (unpaired) electrons. The number of ether oxygens (including phenoxy) is 2. The van der Waals surface area contributed by atoms with E-state index in [1.807, 2.05) is 36.4 Å². The number of benzene rings is 7. The molecule has 0 aliphatic carbocycles. The molecule has 0 unspecified atom stereocenters. The third-order valence-electron chi connectivity index (χ3n) is 19.9. The van der Waals surface area contributed by atoms with Crippen molar-refractivity contribution >= 4 is 155 Å². The highest BCUT2D eigenvalue weighted by atomic mass is 33.2. The molecule has 0 saturated carbocycles. The maximum Gasteiger partial charge on any atom is 0.327 e. The topological polar surface area (TPSA) is 544 Å². The Morgan fingerprint density at radius 1 is 0.469 bits per heavy atom. The van der Waals surface area contributed by atoms with E-state index in [4.69, 9.17) is 15.2 Å². The molecule has 7 aromatic carbocycles. The summed E-state index contributed by atoms with van der Waals surface area (Å²) in [6.07, 6.45) is -2.84. The van der Waals surface area contributed by atoms with Gasteiger partial charge in [-0.2, -0.15) is 37.9 Å². The Kier molecular flexibility index (Phi) is 38.3. The molecule has 1 aliphatic heterocycles. The third-order valence-corrected chi connectivity index (χ3v) is 28.1. The largest absolute Gasteiger partial charge is 0.488 e. The van der Waals surface area contributed by atoms with Crippen LogP contribution in [0.1, 0.15) is 120 Å². The lowest BCUT2D eigenvalue weighted by Crippen LogP contribution is -2.62. The number of amides is 10. The van der Waals surface area contributed by atoms with Crippen molar-refractivity contribution in [3.05, 3.63) is 245 Å². The van der Waals surface area contributed by atoms with Gasteiger partial charge in [0.1, 0.15) is 76.9 Å². The zero-order chi connectivity index (χ0) is 95.5. The molecule has 0 bridgehead atoms. The number of carbonyl (C=O) groups excluding carboxylic acids is 11. The van der Waals surface area contributed by atoms with Gasteiger partial charge in [0.25, 0.3) is 0 Å². The standard InChI is InChI=1S/C87H105N11O24S8/c1-54(74(101)93-67(49-123)83(110)111)89-81(108)71-39-26-46-98(71)82(109)66(48-72(99)97-86(56-27-14-8-15-28-56,57-29-16-9-17-30-57)58-31-18-10-19-32-58)92-78(105)68(51-124-87(59-33-20-11-21-34-59,60-35-22-12-23-36-60)61-37-24-13-25-38-61)95-80(107)70(53-127-130(118,119)120)96-77(104)65(47-55-40-42-62(43-41-55)121-84(2,3)4)91-76(103)64(44-45-73(100)122-85(5,6)7)90-79(106)69(52-126-129(115,116)117)94-75(102)63(88)50-125-128(112,113)114/h8-25,27-38,40-43,54,63-71,123H,26,39,44-53,88H2,1-7H3,(H,89,108)(H,90,106)(H,91,103)(H,92,105)(H,93,101)(H,94,102)(H,95,107)(H,96,104)(H,97,99)(H,110,111)(H,112,113,114)(H,115,116,117)(H,118,119,120)/t54-,63-,64-,65-,66-,67-,68-,69-,70-,71-/m0/s1. The summed E-state index contributed by atoms with van der Waals surface area (Å²) in [7, 11) is -15.8. The highest BCUT2D eigenvalue weighted by molar-refractivity contribution is 8.70. The first-order valence-corrected chi connectivity index (χ1v) is 51.1. The smallest absolute Gasteiger partial charge is 0.327 e. The van der Waals surface area contributed by atoms with Crippen molar-refractivity contribution in [2.45, 2.75) is 169 Å². The zero-order valence-electron chi connectivity index (χ0n) is 71.7. The molecular weight excluding hydrogens is 1840 g/mol. The number of nitrogens with two attached hydrogens (primary N) is 1. The van der Waals surface area contributed by atoms with Crippen LogP contribution in [0.15, 0.2) is 206 Å². The summed E-state index contributed by atoms with van der Waals surface area (Å²) in [6, 6.07) is 40.8. The number of hydrogen-bond donors (Lipinski definition) is 15. The van der Waals surface area contributed by atoms with Crippen molar-refractivity contribution in [1.29, 1.82) is 0 Å². The number of carbonyl (C=O) groups is 12. The maximum atomic E-state index is 16.5. The van der Waals surface area contributed by atoms with Gasteiger partial charge in [-0.3, -0.25) is 66.4 Å². The zero-order valence-corrected chi connectivity index (χ0v) is 78.3. The first kappa shape index (κ1) is 105. The number of nitrogens with one attached hydrogen (secondary N) is 9. The number of carboxylic acids is 1. The fourth-order valence-corrected chi connectivity index (χ4v) is 20.1. The highest BCUT2D eigenvalue weighted by Gasteiger charge is 2.46. The molecule has 0 spiro atoms. The minimum atomic E-state index is -5.22. The molecule has 1 heterocycles. The lowest BCUT2D eigenvalue weighted by molar-refractivity contribution is -0.155. The van der Waals surface area contributed by atoms with Crippen LogP contribution in [-0.4, -0.2) is 227 Å². The fraction of sp³-hybridized carbons (Fsp3) is 0.379. The molecule has 43 heteroatoms. The van der Waals surface area contributed by atoms with Gasteiger partial charge in [0, 0.05) is 48.2 Å². The number of hydrogen-bond acceptors (Lipinski definition) is 26. The van der Waals surface area contributed by atoms with E-state index in [1.165, 1.54) is 52.0 Å². The normalized spacial score (nSPS) is 15.3. The summed E-state index contributed by atoms with van der Waals surface area (Å²) in [5.41, 5.74) is 6.09. The molecule has 0 aromatic heterocycles. The molecule has 8 rings (SSSR count). The van der Waals surface area contributed by atoms with Crippen LogP contribution in [0.2, 0.25) is 0 Å². The van der Waals surface area contributed by atoms with Crippen LogP contribution in [0.25, 0.3) is 0 Å². The second-order valence-corrected chi connectivity index (χ2v) is 43.8. The predicted octanol–water partition coefficient (Wildman–Crippen LogP) is 5.59. The average Bonchev–Trinajstić information content (AvgIpc) is 0.876. The summed E-state index contributed by atoms with van der Waals surface area (Å²) >= 11 is 5.11. The van der Waals surface area contributed by atoms with Gasteiger partial charge >= 0.3 is 39.4 Å². The van der Waals surface area contributed by atoms with Crippen LogP contribution in [0.5, 0.6) is 5.75 Å². The summed E-state index contributed by atoms with van der Waals surface area (Å²) in [6.45, 7) is 10.9. The fourth-order valence-electron chi connectivity index (χ4n) is 13.9. The monoisotopic (exact) mass is 1940 g/mol. The quantitative estimate of drug-likeness (QED) is 0.00726. The molecule has 130 heavy (non-hydrogen) atoms. The third kappa shape index (κ3) is 31.9. The Labute approximate surface area is 774 Å². The number of rotatable bonds is 46. The molecule has 1 saturated heterocycles. The van der Waals surface area contributed by atoms with E-state index < -0.39 is 229 Å². The van der Waals surface area contributed by atoms with E-state index in [0.717, 1.165) is 16.7 Å². The van der Waals surface area contributed by atoms with Crippen LogP contribution >= 0.6 is 56.8 Å². The van der Waals surface area contributed by atoms with Crippen LogP contribution < -0.4 is 58.3 Å². The number of nitrogens with zero attached hydrogens (tertiary/aromatic N) is 1. The van der Waals surface area contributed by atoms with E-state index in [1.54, 1.807) is 166 Å². The van der Waals surface area contributed by atoms with Gasteiger partial charge in [-0.25, -0.2) is 4.79 Å². The molecule has 1 fully saturated rings. The first-order chi connectivity index (χ1) is 61.2. The Morgan fingerprint density at radius 2 is 0.846 bits per heavy atom. The van der Waals surface area contributed by atoms with E-state index >= 15 is 28.8 Å². The van der Waals surface area contributed by atoms with Gasteiger partial charge in [-0.05, 0) is 151 Å². The molecule has 35 nitrogen and oxygen atoms in total. The van der Waals surface area contributed by atoms with Crippen molar-refractivity contribution in [3.63, 3.8) is 0 Å². The number of thioether (sulfide) groups is 1. The van der Waals surface area contributed by atoms with Crippen molar-refractivity contribution in [2.24, 2.45) is 5.73 Å². The minimum absolute atomic E-state index is 0.0449. The van der Waals surface area contributed by atoms with Gasteiger partial charge in [-0.15, -0.1) is 11.8 Å². The van der Waals surface area contributed by atoms with Gasteiger partial charge in [0.05, 0.1) is 17.2 Å². The summed E-state index contributed by atoms with van der Waals surface area (Å²) in [5, 5.41) is 32.6. The minimum Gasteiger partial charge on any atom is -0.488 e. The van der Waals surface area contributed by atoms with Gasteiger partial charge in [0.2, 0.25) is 59.1 Å². The molecule has 7 aromatic rings. The average molecular weight is 1950 g/mol. The number of thiol groups is 1. The lowest BCUT2D eigenvalue weighted by atomic mass is 9.77. The number of aliphatic carboxylic acids is 1. The number of esters is 1. The van der Waals surface area contributed by atoms with Crippen molar-refractivity contribution in [1.82, 2.24) is 52.8 Å². The van der Waals surface area contributed by atoms with Crippen LogP contribution in [0.4, 0.5) is 0 Å². The second-order valence-electron chi connectivity index (χ2n) is 32.0. The van der Waals surface area contributed by atoms with E-state index in [9.17, 15) is 72.8 Å². The molecule has 700 valence electrons. The van der Waals surface area contributed by atoms with Gasteiger partial charge < -0.3 is 73.1 Å². The van der Waals surface area contributed by atoms with Crippen molar-refractivity contribution in [3.8, 4) is 5.75 Å². The molecule has 10 amide bonds. The first-order valence-electron chi connectivity index (χ1n) is 40.6. The van der Waals surface area contributed by atoms with Crippen LogP contribution in [0.3, 0.4) is 0 Å². The molecular formula is C87H105N11O24S8. The molecule has 1 aliphatic rings. The Morgan fingerprint density at radius 3 is 1.26 bits per heavy atom. The summed E-state index contributed by atoms with van der Waals surface area (Å²) < 4.78 is 113. The van der Waals surface area contributed by atoms with Crippen molar-refractivity contribution in [2.75, 3.05) is 35.3 Å². The molecule has 15 N–H and O–H groups in total. The molecule has 10 atom stereocenters. The maximum absolute atomic E-state index is 16.5. The highest BCUT2D eigenvalue weighted by Crippen LogP contribution is 2.49. The predicted molar refractivity (Wildman–Crippen MR) is 497 cm³/mol. The Balaban J connectivity index is 1.27.